The number of ether oxygens (including phenoxy) is 4. The second-order valence-electron chi connectivity index (χ2n) is 8.20. The average molecular weight is 524 g/mol. The molecule has 1 aliphatic heterocycles. The van der Waals surface area contributed by atoms with Crippen molar-refractivity contribution in [1.29, 1.82) is 0 Å². The number of methoxy groups -OCH3 is 4. The van der Waals surface area contributed by atoms with E-state index in [-0.39, 0.29) is 22.7 Å². The number of para-hydroxylation sites is 1. The van der Waals surface area contributed by atoms with Crippen molar-refractivity contribution in [3.8, 4) is 23.0 Å². The number of hydrogen-bond donors (Lipinski definition) is 1. The van der Waals surface area contributed by atoms with Crippen molar-refractivity contribution in [3.63, 3.8) is 0 Å². The molecule has 192 valence electrons. The maximum absolute atomic E-state index is 13.4. The molecule has 1 amide bonds. The molecule has 1 heterocycles. The Balaban J connectivity index is 1.94. The molecule has 1 N–H and O–H groups in total. The van der Waals surface area contributed by atoms with Crippen LogP contribution < -0.4 is 18.9 Å². The highest BCUT2D eigenvalue weighted by Crippen LogP contribution is 2.44. The Morgan fingerprint density at radius 3 is 2.24 bits per heavy atom. The van der Waals surface area contributed by atoms with Gasteiger partial charge in [0.1, 0.15) is 17.3 Å². The Hall–Kier alpha value is -4.17. The molecule has 1 atom stereocenters. The Labute approximate surface area is 219 Å². The maximum Gasteiger partial charge on any atom is 0.295 e. The molecule has 9 heteroatoms. The van der Waals surface area contributed by atoms with Crippen LogP contribution in [0.1, 0.15) is 22.7 Å². The standard InChI is InChI=1S/C28H26ClNO7/c1-34-18-10-11-20(29)19(14-18)26(31)24-25(16-9-12-22(36-3)23(13-16)37-4)30(28(33)27(24)32)15-17-7-5-6-8-21(17)35-2/h5-14,25,31H,15H2,1-4H3/b26-24+. The van der Waals surface area contributed by atoms with Crippen LogP contribution in [0.15, 0.2) is 66.2 Å². The first-order chi connectivity index (χ1) is 17.8. The predicted octanol–water partition coefficient (Wildman–Crippen LogP) is 5.00. The number of aliphatic hydroxyl groups excluding tert-OH is 1. The quantitative estimate of drug-likeness (QED) is 0.252. The molecule has 0 aliphatic carbocycles. The highest BCUT2D eigenvalue weighted by atomic mass is 35.5. The van der Waals surface area contributed by atoms with Crippen LogP contribution in [0.2, 0.25) is 5.02 Å². The molecule has 0 spiro atoms. The van der Waals surface area contributed by atoms with E-state index in [1.807, 2.05) is 18.2 Å². The number of likely N-dealkylation sites (tertiary alicyclic amines) is 1. The first kappa shape index (κ1) is 25.9. The van der Waals surface area contributed by atoms with E-state index >= 15 is 0 Å². The summed E-state index contributed by atoms with van der Waals surface area (Å²) < 4.78 is 21.5. The summed E-state index contributed by atoms with van der Waals surface area (Å²) in [5.74, 6) is -0.156. The van der Waals surface area contributed by atoms with E-state index in [0.717, 1.165) is 0 Å². The number of nitrogens with zero attached hydrogens (tertiary/aromatic N) is 1. The number of aliphatic hydroxyl groups is 1. The van der Waals surface area contributed by atoms with Crippen LogP contribution >= 0.6 is 11.6 Å². The van der Waals surface area contributed by atoms with Crippen LogP contribution in [0.5, 0.6) is 23.0 Å². The summed E-state index contributed by atoms with van der Waals surface area (Å²) in [6.45, 7) is 0.0518. The van der Waals surface area contributed by atoms with Crippen molar-refractivity contribution in [2.45, 2.75) is 12.6 Å². The summed E-state index contributed by atoms with van der Waals surface area (Å²) in [5.41, 5.74) is 1.29. The second kappa shape index (κ2) is 10.8. The number of ketones is 1. The molecule has 1 aliphatic rings. The van der Waals surface area contributed by atoms with E-state index in [4.69, 9.17) is 30.5 Å². The van der Waals surface area contributed by atoms with Gasteiger partial charge >= 0.3 is 0 Å². The Bertz CT molecular complexity index is 1380. The van der Waals surface area contributed by atoms with E-state index in [9.17, 15) is 14.7 Å². The van der Waals surface area contributed by atoms with Gasteiger partial charge in [0.2, 0.25) is 0 Å². The van der Waals surface area contributed by atoms with Gasteiger partial charge in [-0.2, -0.15) is 0 Å². The molecule has 3 aromatic carbocycles. The molecule has 1 fully saturated rings. The SMILES string of the molecule is COc1ccc(Cl)c(/C(O)=C2\C(=O)C(=O)N(Cc3ccccc3OC)C2c2ccc(OC)c(OC)c2)c1. The minimum Gasteiger partial charge on any atom is -0.507 e. The molecule has 1 unspecified atom stereocenters. The van der Waals surface area contributed by atoms with E-state index in [1.165, 1.54) is 39.4 Å². The van der Waals surface area contributed by atoms with Crippen LogP contribution in [-0.2, 0) is 16.1 Å². The minimum absolute atomic E-state index is 0.0518. The Morgan fingerprint density at radius 1 is 0.865 bits per heavy atom. The smallest absolute Gasteiger partial charge is 0.295 e. The fourth-order valence-electron chi connectivity index (χ4n) is 4.39. The molecule has 1 saturated heterocycles. The van der Waals surface area contributed by atoms with Crippen LogP contribution in [0.3, 0.4) is 0 Å². The van der Waals surface area contributed by atoms with E-state index in [0.29, 0.717) is 34.1 Å². The first-order valence-corrected chi connectivity index (χ1v) is 11.7. The number of Topliss-reactive ketones (excluding diaryl/α,β-unsaturated/α-hetero) is 1. The molecular formula is C28H26ClNO7. The van der Waals surface area contributed by atoms with Gasteiger partial charge in [-0.25, -0.2) is 0 Å². The van der Waals surface area contributed by atoms with Gasteiger partial charge in [0, 0.05) is 11.1 Å². The van der Waals surface area contributed by atoms with E-state index < -0.39 is 23.5 Å². The van der Waals surface area contributed by atoms with Gasteiger partial charge in [0.15, 0.2) is 11.5 Å². The number of hydrogen-bond acceptors (Lipinski definition) is 7. The number of benzene rings is 3. The lowest BCUT2D eigenvalue weighted by Gasteiger charge is -2.26. The molecule has 8 nitrogen and oxygen atoms in total. The third-order valence-electron chi connectivity index (χ3n) is 6.23. The molecule has 0 saturated carbocycles. The van der Waals surface area contributed by atoms with Crippen LogP contribution in [0, 0.1) is 0 Å². The molecule has 0 radical (unpaired) electrons. The summed E-state index contributed by atoms with van der Waals surface area (Å²) >= 11 is 6.38. The molecule has 37 heavy (non-hydrogen) atoms. The highest BCUT2D eigenvalue weighted by molar-refractivity contribution is 6.47. The summed E-state index contributed by atoms with van der Waals surface area (Å²) in [6, 6.07) is 16.0. The van der Waals surface area contributed by atoms with Crippen molar-refractivity contribution in [1.82, 2.24) is 4.90 Å². The van der Waals surface area contributed by atoms with Crippen LogP contribution in [-0.4, -0.2) is 50.1 Å². The van der Waals surface area contributed by atoms with Gasteiger partial charge in [-0.3, -0.25) is 9.59 Å². The number of halogens is 1. The molecular weight excluding hydrogens is 498 g/mol. The summed E-state index contributed by atoms with van der Waals surface area (Å²) in [6.07, 6.45) is 0. The number of carbonyl (C=O) groups is 2. The topological polar surface area (TPSA) is 94.5 Å². The van der Waals surface area contributed by atoms with E-state index in [2.05, 4.69) is 0 Å². The Morgan fingerprint density at radius 2 is 1.57 bits per heavy atom. The first-order valence-electron chi connectivity index (χ1n) is 11.3. The zero-order valence-corrected chi connectivity index (χ0v) is 21.5. The van der Waals surface area contributed by atoms with Crippen molar-refractivity contribution < 1.29 is 33.6 Å². The van der Waals surface area contributed by atoms with Crippen LogP contribution in [0.25, 0.3) is 5.76 Å². The molecule has 0 bridgehead atoms. The fraction of sp³-hybridized carbons (Fsp3) is 0.214. The van der Waals surface area contributed by atoms with Crippen LogP contribution in [0.4, 0.5) is 0 Å². The van der Waals surface area contributed by atoms with Gasteiger partial charge in [-0.15, -0.1) is 0 Å². The Kier molecular flexibility index (Phi) is 7.59. The van der Waals surface area contributed by atoms with Gasteiger partial charge in [-0.1, -0.05) is 35.9 Å². The van der Waals surface area contributed by atoms with E-state index in [1.54, 1.807) is 36.4 Å². The van der Waals surface area contributed by atoms with Gasteiger partial charge < -0.3 is 29.0 Å². The van der Waals surface area contributed by atoms with Gasteiger partial charge in [-0.05, 0) is 42.0 Å². The number of amides is 1. The minimum atomic E-state index is -0.952. The summed E-state index contributed by atoms with van der Waals surface area (Å²) in [7, 11) is 6.01. The lowest BCUT2D eigenvalue weighted by atomic mass is 9.94. The zero-order chi connectivity index (χ0) is 26.7. The van der Waals surface area contributed by atoms with Gasteiger partial charge in [0.25, 0.3) is 11.7 Å². The third kappa shape index (κ3) is 4.80. The number of rotatable bonds is 8. The van der Waals surface area contributed by atoms with Crippen molar-refractivity contribution in [2.24, 2.45) is 0 Å². The second-order valence-corrected chi connectivity index (χ2v) is 8.61. The monoisotopic (exact) mass is 523 g/mol. The highest BCUT2D eigenvalue weighted by Gasteiger charge is 2.46. The fourth-order valence-corrected chi connectivity index (χ4v) is 4.59. The average Bonchev–Trinajstić information content (AvgIpc) is 3.17. The summed E-state index contributed by atoms with van der Waals surface area (Å²) in [5, 5.41) is 11.6. The zero-order valence-electron chi connectivity index (χ0n) is 20.8. The van der Waals surface area contributed by atoms with Gasteiger partial charge in [0.05, 0.1) is 51.6 Å². The predicted molar refractivity (Wildman–Crippen MR) is 138 cm³/mol. The molecule has 3 aromatic rings. The molecule has 0 aromatic heterocycles. The van der Waals surface area contributed by atoms with Crippen molar-refractivity contribution in [2.75, 3.05) is 28.4 Å². The largest absolute Gasteiger partial charge is 0.507 e. The maximum atomic E-state index is 13.4. The summed E-state index contributed by atoms with van der Waals surface area (Å²) in [4.78, 5) is 28.2. The number of carbonyl (C=O) groups excluding carboxylic acids is 2. The third-order valence-corrected chi connectivity index (χ3v) is 6.55. The lowest BCUT2D eigenvalue weighted by Crippen LogP contribution is -2.29. The van der Waals surface area contributed by atoms with Crippen molar-refractivity contribution >= 4 is 29.1 Å². The normalized spacial score (nSPS) is 16.6. The lowest BCUT2D eigenvalue weighted by molar-refractivity contribution is -0.140. The van der Waals surface area contributed by atoms with Crippen molar-refractivity contribution in [3.05, 3.63) is 87.9 Å². The molecule has 4 rings (SSSR count).